The third-order valence-electron chi connectivity index (χ3n) is 3.86. The molecule has 0 radical (unpaired) electrons. The molecular weight excluding hydrogens is 278 g/mol. The van der Waals surface area contributed by atoms with Gasteiger partial charge < -0.3 is 10.6 Å². The first-order valence-electron chi connectivity index (χ1n) is 6.74. The van der Waals surface area contributed by atoms with Gasteiger partial charge in [0.15, 0.2) is 5.82 Å². The monoisotopic (exact) mass is 301 g/mol. The van der Waals surface area contributed by atoms with Gasteiger partial charge in [-0.2, -0.15) is 5.10 Å². The summed E-state index contributed by atoms with van der Waals surface area (Å²) >= 11 is 0. The van der Waals surface area contributed by atoms with Crippen LogP contribution >= 0.6 is 0 Å². The molecule has 0 aliphatic carbocycles. The molecule has 1 aliphatic heterocycles. The lowest BCUT2D eigenvalue weighted by Gasteiger charge is -2.31. The van der Waals surface area contributed by atoms with Crippen molar-refractivity contribution in [3.8, 4) is 0 Å². The minimum Gasteiger partial charge on any atom is -0.381 e. The number of anilines is 1. The molecule has 2 heterocycles. The van der Waals surface area contributed by atoms with Gasteiger partial charge in [-0.15, -0.1) is 0 Å². The average Bonchev–Trinajstić information content (AvgIpc) is 2.72. The number of likely N-dealkylation sites (tertiary alicyclic amines) is 1. The first kappa shape index (κ1) is 15.3. The highest BCUT2D eigenvalue weighted by atomic mass is 32.2. The Morgan fingerprint density at radius 3 is 2.50 bits per heavy atom. The molecule has 1 saturated heterocycles. The Labute approximate surface area is 120 Å². The molecule has 0 atom stereocenters. The van der Waals surface area contributed by atoms with Crippen LogP contribution in [0.5, 0.6) is 0 Å². The van der Waals surface area contributed by atoms with E-state index in [1.165, 1.54) is 15.2 Å². The number of nitrogens with zero attached hydrogens (tertiary/aromatic N) is 4. The van der Waals surface area contributed by atoms with Gasteiger partial charge in [-0.05, 0) is 38.9 Å². The summed E-state index contributed by atoms with van der Waals surface area (Å²) in [5, 5.41) is 3.90. The van der Waals surface area contributed by atoms with E-state index in [0.29, 0.717) is 12.5 Å². The van der Waals surface area contributed by atoms with Gasteiger partial charge in [0.05, 0.1) is 0 Å². The van der Waals surface area contributed by atoms with E-state index < -0.39 is 10.0 Å². The lowest BCUT2D eigenvalue weighted by molar-refractivity contribution is 0.202. The van der Waals surface area contributed by atoms with E-state index in [1.54, 1.807) is 14.1 Å². The summed E-state index contributed by atoms with van der Waals surface area (Å²) in [5.74, 6) is 0.464. The topological polar surface area (TPSA) is 84.5 Å². The number of aromatic nitrogens is 2. The van der Waals surface area contributed by atoms with Crippen LogP contribution in [0.15, 0.2) is 11.1 Å². The summed E-state index contributed by atoms with van der Waals surface area (Å²) in [6.45, 7) is 2.58. The van der Waals surface area contributed by atoms with E-state index in [0.717, 1.165) is 25.9 Å². The van der Waals surface area contributed by atoms with E-state index in [4.69, 9.17) is 5.73 Å². The second-order valence-corrected chi connectivity index (χ2v) is 7.60. The Kier molecular flexibility index (Phi) is 4.36. The standard InChI is InChI=1S/C12H23N5O2S/c1-15-6-4-10(5-7-15)8-17(3)20(18,19)11-9-16(2)14-12(11)13/h9-10H,4-8H2,1-3H3,(H2,13,14). The Morgan fingerprint density at radius 2 is 2.00 bits per heavy atom. The van der Waals surface area contributed by atoms with Crippen LogP contribution in [0.3, 0.4) is 0 Å². The summed E-state index contributed by atoms with van der Waals surface area (Å²) in [4.78, 5) is 2.36. The zero-order chi connectivity index (χ0) is 14.9. The van der Waals surface area contributed by atoms with Gasteiger partial charge in [-0.3, -0.25) is 4.68 Å². The highest BCUT2D eigenvalue weighted by molar-refractivity contribution is 7.89. The molecule has 114 valence electrons. The lowest BCUT2D eigenvalue weighted by Crippen LogP contribution is -2.38. The van der Waals surface area contributed by atoms with Gasteiger partial charge >= 0.3 is 0 Å². The smallest absolute Gasteiger partial charge is 0.248 e. The van der Waals surface area contributed by atoms with E-state index in [2.05, 4.69) is 17.0 Å². The first-order chi connectivity index (χ1) is 9.30. The van der Waals surface area contributed by atoms with Crippen LogP contribution in [0, 0.1) is 5.92 Å². The number of nitrogen functional groups attached to an aromatic ring is 1. The Hall–Kier alpha value is -1.12. The number of aryl methyl sites for hydroxylation is 1. The van der Waals surface area contributed by atoms with Crippen LogP contribution in [0.1, 0.15) is 12.8 Å². The van der Waals surface area contributed by atoms with Crippen molar-refractivity contribution in [3.63, 3.8) is 0 Å². The third kappa shape index (κ3) is 3.13. The van der Waals surface area contributed by atoms with Crippen LogP contribution in [-0.4, -0.2) is 61.1 Å². The van der Waals surface area contributed by atoms with Crippen molar-refractivity contribution < 1.29 is 8.42 Å². The molecular formula is C12H23N5O2S. The average molecular weight is 301 g/mol. The van der Waals surface area contributed by atoms with Gasteiger partial charge in [0.25, 0.3) is 0 Å². The van der Waals surface area contributed by atoms with Crippen molar-refractivity contribution in [2.24, 2.45) is 13.0 Å². The summed E-state index contributed by atoms with van der Waals surface area (Å²) in [6.07, 6.45) is 3.51. The second-order valence-electron chi connectivity index (χ2n) is 5.58. The highest BCUT2D eigenvalue weighted by Crippen LogP contribution is 2.23. The third-order valence-corrected chi connectivity index (χ3v) is 5.70. The van der Waals surface area contributed by atoms with Crippen molar-refractivity contribution in [2.75, 3.05) is 39.5 Å². The number of hydrogen-bond donors (Lipinski definition) is 1. The van der Waals surface area contributed by atoms with Crippen molar-refractivity contribution in [2.45, 2.75) is 17.7 Å². The highest BCUT2D eigenvalue weighted by Gasteiger charge is 2.28. The van der Waals surface area contributed by atoms with E-state index >= 15 is 0 Å². The fourth-order valence-electron chi connectivity index (χ4n) is 2.56. The maximum atomic E-state index is 12.5. The van der Waals surface area contributed by atoms with Gasteiger partial charge in [0, 0.05) is 26.8 Å². The minimum atomic E-state index is -3.55. The summed E-state index contributed by atoms with van der Waals surface area (Å²) in [6, 6.07) is 0. The minimum absolute atomic E-state index is 0.0581. The molecule has 7 nitrogen and oxygen atoms in total. The molecule has 20 heavy (non-hydrogen) atoms. The van der Waals surface area contributed by atoms with Gasteiger partial charge in [-0.25, -0.2) is 12.7 Å². The molecule has 1 aromatic rings. The number of hydrogen-bond acceptors (Lipinski definition) is 5. The Balaban J connectivity index is 2.08. The predicted octanol–water partition coefficient (Wildman–Crippen LogP) is -0.0354. The number of sulfonamides is 1. The summed E-state index contributed by atoms with van der Waals surface area (Å²) in [7, 11) is 1.81. The molecule has 2 rings (SSSR count). The van der Waals surface area contributed by atoms with Crippen molar-refractivity contribution >= 4 is 15.8 Å². The molecule has 0 aromatic carbocycles. The first-order valence-corrected chi connectivity index (χ1v) is 8.18. The van der Waals surface area contributed by atoms with Crippen LogP contribution in [0.25, 0.3) is 0 Å². The van der Waals surface area contributed by atoms with Crippen molar-refractivity contribution in [1.29, 1.82) is 0 Å². The number of rotatable bonds is 4. The predicted molar refractivity (Wildman–Crippen MR) is 77.7 cm³/mol. The Bertz CT molecular complexity index is 560. The molecule has 1 fully saturated rings. The largest absolute Gasteiger partial charge is 0.381 e. The lowest BCUT2D eigenvalue weighted by atomic mass is 9.97. The summed E-state index contributed by atoms with van der Waals surface area (Å²) in [5.41, 5.74) is 5.67. The maximum Gasteiger partial charge on any atom is 0.248 e. The van der Waals surface area contributed by atoms with Crippen LogP contribution in [-0.2, 0) is 17.1 Å². The maximum absolute atomic E-state index is 12.5. The SMILES string of the molecule is CN1CCC(CN(C)S(=O)(=O)c2cn(C)nc2N)CC1. The van der Waals surface area contributed by atoms with Gasteiger partial charge in [0.1, 0.15) is 4.90 Å². The zero-order valence-electron chi connectivity index (χ0n) is 12.3. The normalized spacial score (nSPS) is 18.8. The van der Waals surface area contributed by atoms with Gasteiger partial charge in [-0.1, -0.05) is 0 Å². The molecule has 1 aromatic heterocycles. The van der Waals surface area contributed by atoms with Crippen LogP contribution in [0.4, 0.5) is 5.82 Å². The quantitative estimate of drug-likeness (QED) is 0.844. The summed E-state index contributed by atoms with van der Waals surface area (Å²) < 4.78 is 27.8. The van der Waals surface area contributed by atoms with Crippen LogP contribution in [0.2, 0.25) is 0 Å². The van der Waals surface area contributed by atoms with Crippen molar-refractivity contribution in [1.82, 2.24) is 19.0 Å². The molecule has 0 bridgehead atoms. The fraction of sp³-hybridized carbons (Fsp3) is 0.750. The molecule has 2 N–H and O–H groups in total. The van der Waals surface area contributed by atoms with E-state index in [-0.39, 0.29) is 10.7 Å². The number of piperidine rings is 1. The molecule has 0 spiro atoms. The Morgan fingerprint density at radius 1 is 1.40 bits per heavy atom. The van der Waals surface area contributed by atoms with Crippen LogP contribution < -0.4 is 5.73 Å². The zero-order valence-corrected chi connectivity index (χ0v) is 13.1. The molecule has 0 amide bonds. The fourth-order valence-corrected chi connectivity index (χ4v) is 3.89. The van der Waals surface area contributed by atoms with Crippen molar-refractivity contribution in [3.05, 3.63) is 6.20 Å². The molecule has 8 heteroatoms. The second kappa shape index (κ2) is 5.71. The molecule has 1 aliphatic rings. The van der Waals surface area contributed by atoms with E-state index in [1.807, 2.05) is 0 Å². The van der Waals surface area contributed by atoms with Gasteiger partial charge in [0.2, 0.25) is 10.0 Å². The molecule has 0 unspecified atom stereocenters. The number of nitrogens with two attached hydrogens (primary N) is 1. The molecule has 0 saturated carbocycles. The van der Waals surface area contributed by atoms with E-state index in [9.17, 15) is 8.42 Å².